The Labute approximate surface area is 94.0 Å². The van der Waals surface area contributed by atoms with Gasteiger partial charge in [-0.1, -0.05) is 18.2 Å². The van der Waals surface area contributed by atoms with Gasteiger partial charge in [0.1, 0.15) is 5.60 Å². The number of aromatic nitrogens is 1. The highest BCUT2D eigenvalue weighted by molar-refractivity contribution is 5.84. The highest BCUT2D eigenvalue weighted by atomic mass is 16.3. The van der Waals surface area contributed by atoms with Crippen molar-refractivity contribution in [2.75, 3.05) is 0 Å². The number of rotatable bonds is 1. The lowest BCUT2D eigenvalue weighted by atomic mass is 10.0. The number of benzene rings is 1. The Bertz CT molecular complexity index is 576. The van der Waals surface area contributed by atoms with Crippen molar-refractivity contribution in [2.24, 2.45) is 0 Å². The summed E-state index contributed by atoms with van der Waals surface area (Å²) in [6, 6.07) is 11.2. The lowest BCUT2D eigenvalue weighted by Gasteiger charge is -2.17. The van der Waals surface area contributed by atoms with Crippen molar-refractivity contribution in [1.82, 2.24) is 4.98 Å². The van der Waals surface area contributed by atoms with Crippen LogP contribution in [0.3, 0.4) is 0 Å². The van der Waals surface area contributed by atoms with Gasteiger partial charge >= 0.3 is 0 Å². The second kappa shape index (κ2) is 3.58. The van der Waals surface area contributed by atoms with Gasteiger partial charge in [0.25, 0.3) is 0 Å². The van der Waals surface area contributed by atoms with Gasteiger partial charge in [-0.2, -0.15) is 5.26 Å². The van der Waals surface area contributed by atoms with Crippen LogP contribution < -0.4 is 0 Å². The standard InChI is InChI=1S/C13H12N2O/c1-13(2,16)12-7-9(8-14)10-5-3-4-6-11(10)15-12/h3-7,16H,1-2H3. The molecule has 0 saturated carbocycles. The van der Waals surface area contributed by atoms with Crippen molar-refractivity contribution in [3.8, 4) is 6.07 Å². The predicted molar refractivity (Wildman–Crippen MR) is 61.7 cm³/mol. The molecule has 0 aliphatic heterocycles. The number of fused-ring (bicyclic) bond motifs is 1. The fourth-order valence-corrected chi connectivity index (χ4v) is 1.58. The molecule has 0 aliphatic carbocycles. The van der Waals surface area contributed by atoms with Crippen LogP contribution in [0, 0.1) is 11.3 Å². The van der Waals surface area contributed by atoms with E-state index in [1.54, 1.807) is 19.9 Å². The molecule has 1 aromatic heterocycles. The number of para-hydroxylation sites is 1. The Kier molecular flexibility index (Phi) is 2.37. The lowest BCUT2D eigenvalue weighted by Crippen LogP contribution is -2.17. The van der Waals surface area contributed by atoms with E-state index in [0.717, 1.165) is 10.9 Å². The van der Waals surface area contributed by atoms with Gasteiger partial charge in [-0.25, -0.2) is 4.98 Å². The van der Waals surface area contributed by atoms with Crippen LogP contribution in [0.4, 0.5) is 0 Å². The van der Waals surface area contributed by atoms with Crippen LogP contribution in [0.5, 0.6) is 0 Å². The third kappa shape index (κ3) is 1.75. The maximum absolute atomic E-state index is 9.90. The molecule has 0 atom stereocenters. The SMILES string of the molecule is CC(C)(O)c1cc(C#N)c2ccccc2n1. The highest BCUT2D eigenvalue weighted by Crippen LogP contribution is 2.23. The molecule has 0 spiro atoms. The maximum atomic E-state index is 9.90. The molecule has 0 radical (unpaired) electrons. The van der Waals surface area contributed by atoms with Crippen LogP contribution >= 0.6 is 0 Å². The van der Waals surface area contributed by atoms with Crippen molar-refractivity contribution < 1.29 is 5.11 Å². The third-order valence-corrected chi connectivity index (χ3v) is 2.46. The van der Waals surface area contributed by atoms with E-state index in [9.17, 15) is 5.11 Å². The molecular weight excluding hydrogens is 200 g/mol. The Morgan fingerprint density at radius 2 is 2.00 bits per heavy atom. The van der Waals surface area contributed by atoms with Gasteiger partial charge in [0, 0.05) is 5.39 Å². The van der Waals surface area contributed by atoms with E-state index in [4.69, 9.17) is 5.26 Å². The van der Waals surface area contributed by atoms with Crippen LogP contribution in [-0.4, -0.2) is 10.1 Å². The summed E-state index contributed by atoms with van der Waals surface area (Å²) in [6.45, 7) is 3.32. The summed E-state index contributed by atoms with van der Waals surface area (Å²) in [7, 11) is 0. The zero-order valence-corrected chi connectivity index (χ0v) is 9.23. The molecule has 1 N–H and O–H groups in total. The molecule has 16 heavy (non-hydrogen) atoms. The molecular formula is C13H12N2O. The van der Waals surface area contributed by atoms with Crippen molar-refractivity contribution in [2.45, 2.75) is 19.4 Å². The minimum absolute atomic E-state index is 0.516. The van der Waals surface area contributed by atoms with E-state index in [-0.39, 0.29) is 0 Å². The van der Waals surface area contributed by atoms with Gasteiger partial charge < -0.3 is 5.11 Å². The molecule has 2 aromatic rings. The summed E-state index contributed by atoms with van der Waals surface area (Å²) in [5.74, 6) is 0. The zero-order valence-electron chi connectivity index (χ0n) is 9.23. The molecule has 3 heteroatoms. The summed E-state index contributed by atoms with van der Waals surface area (Å²) in [5, 5.41) is 19.8. The molecule has 0 unspecified atom stereocenters. The fraction of sp³-hybridized carbons (Fsp3) is 0.231. The van der Waals surface area contributed by atoms with Crippen LogP contribution in [0.15, 0.2) is 30.3 Å². The first kappa shape index (κ1) is 10.6. The van der Waals surface area contributed by atoms with Gasteiger partial charge in [-0.05, 0) is 26.0 Å². The number of aliphatic hydroxyl groups is 1. The van der Waals surface area contributed by atoms with E-state index < -0.39 is 5.60 Å². The van der Waals surface area contributed by atoms with Crippen molar-refractivity contribution in [3.05, 3.63) is 41.6 Å². The summed E-state index contributed by atoms with van der Waals surface area (Å²) < 4.78 is 0. The van der Waals surface area contributed by atoms with Gasteiger partial charge in [0.15, 0.2) is 0 Å². The number of nitrogens with zero attached hydrogens (tertiary/aromatic N) is 2. The normalized spacial score (nSPS) is 11.4. The highest BCUT2D eigenvalue weighted by Gasteiger charge is 2.19. The second-order valence-electron chi connectivity index (χ2n) is 4.24. The number of hydrogen-bond acceptors (Lipinski definition) is 3. The zero-order chi connectivity index (χ0) is 11.8. The molecule has 0 aliphatic rings. The van der Waals surface area contributed by atoms with Gasteiger partial charge in [0.05, 0.1) is 22.8 Å². The number of nitriles is 1. The van der Waals surface area contributed by atoms with E-state index in [1.807, 2.05) is 24.3 Å². The van der Waals surface area contributed by atoms with Crippen LogP contribution in [0.2, 0.25) is 0 Å². The quantitative estimate of drug-likeness (QED) is 0.789. The van der Waals surface area contributed by atoms with E-state index in [2.05, 4.69) is 11.1 Å². The number of pyridine rings is 1. The first-order valence-electron chi connectivity index (χ1n) is 5.05. The van der Waals surface area contributed by atoms with Crippen LogP contribution in [-0.2, 0) is 5.60 Å². The molecule has 2 rings (SSSR count). The minimum atomic E-state index is -1.03. The molecule has 0 saturated heterocycles. The molecule has 0 amide bonds. The van der Waals surface area contributed by atoms with Gasteiger partial charge in [-0.15, -0.1) is 0 Å². The fourth-order valence-electron chi connectivity index (χ4n) is 1.58. The molecule has 1 heterocycles. The van der Waals surface area contributed by atoms with Gasteiger partial charge in [-0.3, -0.25) is 0 Å². The van der Waals surface area contributed by atoms with Crippen molar-refractivity contribution in [3.63, 3.8) is 0 Å². The Morgan fingerprint density at radius 3 is 2.62 bits per heavy atom. The number of hydrogen-bond donors (Lipinski definition) is 1. The summed E-state index contributed by atoms with van der Waals surface area (Å²) >= 11 is 0. The summed E-state index contributed by atoms with van der Waals surface area (Å²) in [4.78, 5) is 4.35. The average Bonchev–Trinajstić information content (AvgIpc) is 2.26. The van der Waals surface area contributed by atoms with Gasteiger partial charge in [0.2, 0.25) is 0 Å². The minimum Gasteiger partial charge on any atom is -0.384 e. The molecule has 0 bridgehead atoms. The first-order valence-corrected chi connectivity index (χ1v) is 5.05. The summed E-state index contributed by atoms with van der Waals surface area (Å²) in [5.41, 5.74) is 0.763. The van der Waals surface area contributed by atoms with E-state index in [1.165, 1.54) is 0 Å². The maximum Gasteiger partial charge on any atom is 0.101 e. The van der Waals surface area contributed by atoms with Crippen LogP contribution in [0.25, 0.3) is 10.9 Å². The topological polar surface area (TPSA) is 56.9 Å². The summed E-state index contributed by atoms with van der Waals surface area (Å²) in [6.07, 6.45) is 0. The largest absolute Gasteiger partial charge is 0.384 e. The average molecular weight is 212 g/mol. The lowest BCUT2D eigenvalue weighted by molar-refractivity contribution is 0.0742. The molecule has 0 fully saturated rings. The van der Waals surface area contributed by atoms with Crippen LogP contribution in [0.1, 0.15) is 25.1 Å². The van der Waals surface area contributed by atoms with Crippen molar-refractivity contribution >= 4 is 10.9 Å². The van der Waals surface area contributed by atoms with Crippen molar-refractivity contribution in [1.29, 1.82) is 5.26 Å². The second-order valence-corrected chi connectivity index (χ2v) is 4.24. The van der Waals surface area contributed by atoms with E-state index in [0.29, 0.717) is 11.3 Å². The molecule has 3 nitrogen and oxygen atoms in total. The monoisotopic (exact) mass is 212 g/mol. The Balaban J connectivity index is 2.80. The van der Waals surface area contributed by atoms with E-state index >= 15 is 0 Å². The Morgan fingerprint density at radius 1 is 1.31 bits per heavy atom. The molecule has 80 valence electrons. The molecule has 1 aromatic carbocycles. The third-order valence-electron chi connectivity index (χ3n) is 2.46. The Hall–Kier alpha value is -1.92. The first-order chi connectivity index (χ1) is 7.52. The smallest absolute Gasteiger partial charge is 0.101 e. The predicted octanol–water partition coefficient (Wildman–Crippen LogP) is 2.33.